The zero-order valence-corrected chi connectivity index (χ0v) is 23.6. The zero-order valence-electron chi connectivity index (χ0n) is 21.3. The van der Waals surface area contributed by atoms with Gasteiger partial charge < -0.3 is 9.47 Å². The Morgan fingerprint density at radius 2 is 1.50 bits per heavy atom. The highest BCUT2D eigenvalue weighted by atomic mass is 35.5. The van der Waals surface area contributed by atoms with Crippen LogP contribution in [0.1, 0.15) is 28.4 Å². The summed E-state index contributed by atoms with van der Waals surface area (Å²) < 4.78 is 39.2. The minimum absolute atomic E-state index is 0.0710. The Hall–Kier alpha value is -4.05. The van der Waals surface area contributed by atoms with Gasteiger partial charge in [0.15, 0.2) is 11.5 Å². The van der Waals surface area contributed by atoms with Crippen LogP contribution in [0.5, 0.6) is 11.5 Å². The van der Waals surface area contributed by atoms with Gasteiger partial charge in [0.05, 0.1) is 17.7 Å². The number of halogens is 2. The molecule has 11 heteroatoms. The summed E-state index contributed by atoms with van der Waals surface area (Å²) in [4.78, 5) is 12.6. The number of hydrazone groups is 1. The number of anilines is 1. The minimum Gasteiger partial charge on any atom is -0.490 e. The van der Waals surface area contributed by atoms with E-state index in [1.165, 1.54) is 54.7 Å². The summed E-state index contributed by atoms with van der Waals surface area (Å²) >= 11 is 11.8. The van der Waals surface area contributed by atoms with Crippen LogP contribution >= 0.6 is 23.2 Å². The average molecular weight is 599 g/mol. The second-order valence-corrected chi connectivity index (χ2v) is 10.9. The van der Waals surface area contributed by atoms with Crippen molar-refractivity contribution < 1.29 is 22.7 Å². The first-order valence-corrected chi connectivity index (χ1v) is 14.3. The van der Waals surface area contributed by atoms with Crippen LogP contribution in [0.25, 0.3) is 0 Å². The lowest BCUT2D eigenvalue weighted by Crippen LogP contribution is -2.18. The Morgan fingerprint density at radius 3 is 2.15 bits per heavy atom. The molecule has 0 atom stereocenters. The molecule has 0 unspecified atom stereocenters. The van der Waals surface area contributed by atoms with E-state index in [1.807, 2.05) is 19.1 Å². The second kappa shape index (κ2) is 13.3. The van der Waals surface area contributed by atoms with Gasteiger partial charge in [0.1, 0.15) is 6.61 Å². The minimum atomic E-state index is -3.80. The van der Waals surface area contributed by atoms with Gasteiger partial charge in [-0.05, 0) is 96.9 Å². The van der Waals surface area contributed by atoms with Gasteiger partial charge in [-0.25, -0.2) is 13.8 Å². The Balaban J connectivity index is 1.35. The molecule has 0 bridgehead atoms. The molecule has 0 aliphatic heterocycles. The van der Waals surface area contributed by atoms with Crippen LogP contribution in [-0.2, 0) is 16.6 Å². The summed E-state index contributed by atoms with van der Waals surface area (Å²) in [5.74, 6) is 0.657. The maximum Gasteiger partial charge on any atom is 0.271 e. The number of hydrogen-bond acceptors (Lipinski definition) is 6. The van der Waals surface area contributed by atoms with Crippen LogP contribution in [0.3, 0.4) is 0 Å². The molecule has 4 aromatic rings. The molecule has 0 aliphatic carbocycles. The largest absolute Gasteiger partial charge is 0.490 e. The van der Waals surface area contributed by atoms with Crippen molar-refractivity contribution >= 4 is 51.0 Å². The fourth-order valence-corrected chi connectivity index (χ4v) is 4.79. The second-order valence-electron chi connectivity index (χ2n) is 8.39. The Kier molecular flexibility index (Phi) is 9.65. The number of sulfonamides is 1. The molecule has 206 valence electrons. The van der Waals surface area contributed by atoms with Gasteiger partial charge in [0.25, 0.3) is 15.9 Å². The van der Waals surface area contributed by atoms with E-state index in [0.29, 0.717) is 51.6 Å². The van der Waals surface area contributed by atoms with Crippen molar-refractivity contribution in [3.8, 4) is 11.5 Å². The molecular formula is C29H25Cl2N3O5S. The van der Waals surface area contributed by atoms with Crippen LogP contribution in [0.2, 0.25) is 10.0 Å². The maximum atomic E-state index is 12.5. The third kappa shape index (κ3) is 7.98. The summed E-state index contributed by atoms with van der Waals surface area (Å²) in [6.07, 6.45) is 1.48. The lowest BCUT2D eigenvalue weighted by Gasteiger charge is -2.12. The monoisotopic (exact) mass is 597 g/mol. The number of ether oxygens (including phenoxy) is 2. The van der Waals surface area contributed by atoms with E-state index >= 15 is 0 Å². The van der Waals surface area contributed by atoms with Gasteiger partial charge >= 0.3 is 0 Å². The van der Waals surface area contributed by atoms with Gasteiger partial charge in [-0.15, -0.1) is 0 Å². The highest BCUT2D eigenvalue weighted by Crippen LogP contribution is 2.29. The number of carbonyl (C=O) groups excluding carboxylic acids is 1. The lowest BCUT2D eigenvalue weighted by molar-refractivity contribution is 0.0955. The molecule has 40 heavy (non-hydrogen) atoms. The molecule has 0 radical (unpaired) electrons. The molecular weight excluding hydrogens is 573 g/mol. The van der Waals surface area contributed by atoms with Gasteiger partial charge in [0.2, 0.25) is 0 Å². The number of amides is 1. The molecule has 4 aromatic carbocycles. The van der Waals surface area contributed by atoms with E-state index in [1.54, 1.807) is 30.3 Å². The molecule has 0 saturated carbocycles. The summed E-state index contributed by atoms with van der Waals surface area (Å²) in [7, 11) is -3.80. The standard InChI is InChI=1S/C29H25Cl2N3O5S/c1-2-38-28-17-21(5-16-27(28)39-19-20-3-8-23(30)9-4-20)18-32-33-29(35)22-6-12-25(13-7-22)34-40(36,37)26-14-10-24(31)11-15-26/h3-18,34H,2,19H2,1H3,(H,33,35). The smallest absolute Gasteiger partial charge is 0.271 e. The fourth-order valence-electron chi connectivity index (χ4n) is 3.48. The summed E-state index contributed by atoms with van der Waals surface area (Å²) in [5.41, 5.74) is 4.72. The highest BCUT2D eigenvalue weighted by molar-refractivity contribution is 7.92. The molecule has 0 fully saturated rings. The SMILES string of the molecule is CCOc1cc(C=NNC(=O)c2ccc(NS(=O)(=O)c3ccc(Cl)cc3)cc2)ccc1OCc1ccc(Cl)cc1. The number of hydrogen-bond donors (Lipinski definition) is 2. The third-order valence-electron chi connectivity index (χ3n) is 5.48. The van der Waals surface area contributed by atoms with Crippen molar-refractivity contribution in [3.63, 3.8) is 0 Å². The van der Waals surface area contributed by atoms with E-state index in [-0.39, 0.29) is 4.90 Å². The van der Waals surface area contributed by atoms with Crippen LogP contribution in [0.4, 0.5) is 5.69 Å². The van der Waals surface area contributed by atoms with Crippen molar-refractivity contribution in [3.05, 3.63) is 118 Å². The van der Waals surface area contributed by atoms with E-state index in [2.05, 4.69) is 15.2 Å². The maximum absolute atomic E-state index is 12.5. The number of nitrogens with one attached hydrogen (secondary N) is 2. The number of carbonyl (C=O) groups is 1. The molecule has 0 aliphatic rings. The topological polar surface area (TPSA) is 106 Å². The van der Waals surface area contributed by atoms with E-state index in [0.717, 1.165) is 5.56 Å². The fraction of sp³-hybridized carbons (Fsp3) is 0.103. The van der Waals surface area contributed by atoms with Crippen LogP contribution in [0, 0.1) is 0 Å². The zero-order chi connectivity index (χ0) is 28.5. The van der Waals surface area contributed by atoms with Crippen LogP contribution in [-0.4, -0.2) is 27.1 Å². The van der Waals surface area contributed by atoms with Crippen molar-refractivity contribution in [1.82, 2.24) is 5.43 Å². The molecule has 0 spiro atoms. The van der Waals surface area contributed by atoms with Gasteiger partial charge in [-0.3, -0.25) is 9.52 Å². The first kappa shape index (κ1) is 28.9. The van der Waals surface area contributed by atoms with Crippen molar-refractivity contribution in [2.24, 2.45) is 5.10 Å². The Morgan fingerprint density at radius 1 is 0.850 bits per heavy atom. The molecule has 4 rings (SSSR count). The number of nitrogens with zero attached hydrogens (tertiary/aromatic N) is 1. The van der Waals surface area contributed by atoms with Crippen molar-refractivity contribution in [1.29, 1.82) is 0 Å². The van der Waals surface area contributed by atoms with Crippen molar-refractivity contribution in [2.45, 2.75) is 18.4 Å². The van der Waals surface area contributed by atoms with E-state index in [9.17, 15) is 13.2 Å². The summed E-state index contributed by atoms with van der Waals surface area (Å²) in [6, 6.07) is 24.5. The first-order chi connectivity index (χ1) is 19.2. The molecule has 0 aromatic heterocycles. The average Bonchev–Trinajstić information content (AvgIpc) is 2.94. The Bertz CT molecular complexity index is 1590. The lowest BCUT2D eigenvalue weighted by atomic mass is 10.2. The van der Waals surface area contributed by atoms with Gasteiger partial charge in [-0.1, -0.05) is 35.3 Å². The third-order valence-corrected chi connectivity index (χ3v) is 7.38. The normalized spacial score (nSPS) is 11.3. The quantitative estimate of drug-likeness (QED) is 0.151. The van der Waals surface area contributed by atoms with Gasteiger partial charge in [-0.2, -0.15) is 5.10 Å². The van der Waals surface area contributed by atoms with E-state index in [4.69, 9.17) is 32.7 Å². The number of benzene rings is 4. The summed E-state index contributed by atoms with van der Waals surface area (Å²) in [5, 5.41) is 5.11. The highest BCUT2D eigenvalue weighted by Gasteiger charge is 2.14. The van der Waals surface area contributed by atoms with Crippen LogP contribution < -0.4 is 19.6 Å². The predicted octanol–water partition coefficient (Wildman–Crippen LogP) is 6.54. The molecule has 8 nitrogen and oxygen atoms in total. The Labute approximate surface area is 242 Å². The first-order valence-electron chi connectivity index (χ1n) is 12.1. The van der Waals surface area contributed by atoms with E-state index < -0.39 is 15.9 Å². The molecule has 2 N–H and O–H groups in total. The summed E-state index contributed by atoms with van der Waals surface area (Å²) in [6.45, 7) is 2.67. The molecule has 1 amide bonds. The van der Waals surface area contributed by atoms with Crippen molar-refractivity contribution in [2.75, 3.05) is 11.3 Å². The molecule has 0 heterocycles. The predicted molar refractivity (Wildman–Crippen MR) is 157 cm³/mol. The molecule has 0 saturated heterocycles. The van der Waals surface area contributed by atoms with Crippen LogP contribution in [0.15, 0.2) is 101 Å². The van der Waals surface area contributed by atoms with Gasteiger partial charge in [0, 0.05) is 21.3 Å². The number of rotatable bonds is 11.